The van der Waals surface area contributed by atoms with Crippen LogP contribution in [-0.4, -0.2) is 23.3 Å². The topological polar surface area (TPSA) is 47.4 Å². The van der Waals surface area contributed by atoms with Gasteiger partial charge >= 0.3 is 0 Å². The summed E-state index contributed by atoms with van der Waals surface area (Å²) in [5.74, 6) is 0.796. The first kappa shape index (κ1) is 13.9. The Kier molecular flexibility index (Phi) is 4.20. The van der Waals surface area contributed by atoms with E-state index in [-0.39, 0.29) is 0 Å². The summed E-state index contributed by atoms with van der Waals surface area (Å²) in [6, 6.07) is 15.7. The number of rotatable bonds is 4. The fraction of sp³-hybridized carbons (Fsp3) is 0.0556. The highest BCUT2D eigenvalue weighted by Gasteiger charge is 1.99. The molecule has 4 nitrogen and oxygen atoms in total. The predicted octanol–water partition coefficient (Wildman–Crippen LogP) is 3.90. The van der Waals surface area contributed by atoms with Crippen LogP contribution in [0.2, 0.25) is 0 Å². The van der Waals surface area contributed by atoms with Crippen molar-refractivity contribution < 1.29 is 4.74 Å². The maximum absolute atomic E-state index is 5.20. The van der Waals surface area contributed by atoms with Gasteiger partial charge in [-0.1, -0.05) is 24.3 Å². The zero-order valence-corrected chi connectivity index (χ0v) is 12.2. The van der Waals surface area contributed by atoms with Crippen LogP contribution in [0.15, 0.2) is 72.2 Å². The Morgan fingerprint density at radius 3 is 2.59 bits per heavy atom. The van der Waals surface area contributed by atoms with E-state index in [0.29, 0.717) is 0 Å². The monoisotopic (exact) mass is 289 g/mol. The summed E-state index contributed by atoms with van der Waals surface area (Å²) in [6.07, 6.45) is 6.95. The summed E-state index contributed by atoms with van der Waals surface area (Å²) >= 11 is 0. The van der Waals surface area contributed by atoms with Crippen LogP contribution in [-0.2, 0) is 0 Å². The van der Waals surface area contributed by atoms with Crippen molar-refractivity contribution in [1.82, 2.24) is 9.97 Å². The normalized spacial score (nSPS) is 10.8. The van der Waals surface area contributed by atoms with Crippen molar-refractivity contribution in [3.05, 3.63) is 72.8 Å². The first-order valence-corrected chi connectivity index (χ1v) is 6.89. The third kappa shape index (κ3) is 3.35. The van der Waals surface area contributed by atoms with Gasteiger partial charge in [0.1, 0.15) is 12.1 Å². The average molecular weight is 289 g/mol. The molecule has 108 valence electrons. The van der Waals surface area contributed by atoms with E-state index in [4.69, 9.17) is 4.74 Å². The van der Waals surface area contributed by atoms with E-state index in [2.05, 4.69) is 21.0 Å². The molecule has 0 unspecified atom stereocenters. The van der Waals surface area contributed by atoms with Crippen molar-refractivity contribution in [2.45, 2.75) is 0 Å². The van der Waals surface area contributed by atoms with Gasteiger partial charge in [-0.2, -0.15) is 0 Å². The van der Waals surface area contributed by atoms with Gasteiger partial charge in [-0.3, -0.25) is 4.99 Å². The van der Waals surface area contributed by atoms with Crippen LogP contribution in [0, 0.1) is 0 Å². The van der Waals surface area contributed by atoms with Crippen molar-refractivity contribution in [2.24, 2.45) is 4.99 Å². The van der Waals surface area contributed by atoms with Gasteiger partial charge in [-0.15, -0.1) is 0 Å². The lowest BCUT2D eigenvalue weighted by Gasteiger charge is -2.02. The molecule has 1 heterocycles. The highest BCUT2D eigenvalue weighted by Crippen LogP contribution is 2.21. The van der Waals surface area contributed by atoms with E-state index in [1.165, 1.54) is 6.33 Å². The molecule has 1 aromatic heterocycles. The van der Waals surface area contributed by atoms with E-state index in [0.717, 1.165) is 28.1 Å². The SMILES string of the molecule is COc1cccc(N=Cc2cccc(-c3cncnc3)c2)c1. The van der Waals surface area contributed by atoms with Crippen LogP contribution in [0.3, 0.4) is 0 Å². The van der Waals surface area contributed by atoms with Gasteiger partial charge in [-0.05, 0) is 29.3 Å². The molecular weight excluding hydrogens is 274 g/mol. The second kappa shape index (κ2) is 6.63. The van der Waals surface area contributed by atoms with Crippen molar-refractivity contribution in [3.8, 4) is 16.9 Å². The van der Waals surface area contributed by atoms with Crippen molar-refractivity contribution in [1.29, 1.82) is 0 Å². The Balaban J connectivity index is 1.85. The maximum Gasteiger partial charge on any atom is 0.121 e. The standard InChI is InChI=1S/C18H15N3O/c1-22-18-7-3-6-17(9-18)21-10-14-4-2-5-15(8-14)16-11-19-13-20-12-16/h2-13H,1H3. The summed E-state index contributed by atoms with van der Waals surface area (Å²) in [4.78, 5) is 12.6. The second-order valence-electron chi connectivity index (χ2n) is 4.71. The minimum Gasteiger partial charge on any atom is -0.497 e. The summed E-state index contributed by atoms with van der Waals surface area (Å²) in [5.41, 5.74) is 3.92. The van der Waals surface area contributed by atoms with E-state index in [9.17, 15) is 0 Å². The predicted molar refractivity (Wildman–Crippen MR) is 87.7 cm³/mol. The Bertz CT molecular complexity index is 785. The molecule has 0 aliphatic heterocycles. The minimum atomic E-state index is 0.796. The van der Waals surface area contributed by atoms with Crippen LogP contribution in [0.1, 0.15) is 5.56 Å². The van der Waals surface area contributed by atoms with Crippen molar-refractivity contribution in [2.75, 3.05) is 7.11 Å². The number of aliphatic imine (C=N–C) groups is 1. The second-order valence-corrected chi connectivity index (χ2v) is 4.71. The fourth-order valence-corrected chi connectivity index (χ4v) is 2.09. The van der Waals surface area contributed by atoms with Crippen LogP contribution in [0.25, 0.3) is 11.1 Å². The van der Waals surface area contributed by atoms with Crippen LogP contribution in [0.5, 0.6) is 5.75 Å². The highest BCUT2D eigenvalue weighted by molar-refractivity contribution is 5.84. The number of aromatic nitrogens is 2. The lowest BCUT2D eigenvalue weighted by atomic mass is 10.1. The van der Waals surface area contributed by atoms with Gasteiger partial charge in [0.2, 0.25) is 0 Å². The van der Waals surface area contributed by atoms with Crippen LogP contribution < -0.4 is 4.74 Å². The number of nitrogens with zero attached hydrogens (tertiary/aromatic N) is 3. The molecule has 0 N–H and O–H groups in total. The number of hydrogen-bond acceptors (Lipinski definition) is 4. The Morgan fingerprint density at radius 1 is 0.955 bits per heavy atom. The van der Waals surface area contributed by atoms with Crippen molar-refractivity contribution in [3.63, 3.8) is 0 Å². The van der Waals surface area contributed by atoms with Gasteiger partial charge in [0, 0.05) is 30.2 Å². The zero-order chi connectivity index (χ0) is 15.2. The number of methoxy groups -OCH3 is 1. The van der Waals surface area contributed by atoms with Gasteiger partial charge in [-0.25, -0.2) is 9.97 Å². The summed E-state index contributed by atoms with van der Waals surface area (Å²) < 4.78 is 5.20. The molecule has 0 spiro atoms. The smallest absolute Gasteiger partial charge is 0.121 e. The van der Waals surface area contributed by atoms with Crippen LogP contribution >= 0.6 is 0 Å². The molecule has 0 saturated carbocycles. The lowest BCUT2D eigenvalue weighted by Crippen LogP contribution is -1.85. The largest absolute Gasteiger partial charge is 0.497 e. The lowest BCUT2D eigenvalue weighted by molar-refractivity contribution is 0.415. The maximum atomic E-state index is 5.20. The van der Waals surface area contributed by atoms with Gasteiger partial charge in [0.05, 0.1) is 12.8 Å². The first-order valence-electron chi connectivity index (χ1n) is 6.89. The van der Waals surface area contributed by atoms with E-state index in [1.54, 1.807) is 19.5 Å². The molecule has 0 fully saturated rings. The first-order chi connectivity index (χ1) is 10.8. The molecule has 0 aliphatic rings. The zero-order valence-electron chi connectivity index (χ0n) is 12.2. The fourth-order valence-electron chi connectivity index (χ4n) is 2.09. The van der Waals surface area contributed by atoms with Gasteiger partial charge in [0.15, 0.2) is 0 Å². The molecule has 2 aromatic carbocycles. The third-order valence-corrected chi connectivity index (χ3v) is 3.20. The molecule has 0 saturated heterocycles. The summed E-state index contributed by atoms with van der Waals surface area (Å²) in [7, 11) is 1.65. The van der Waals surface area contributed by atoms with E-state index < -0.39 is 0 Å². The summed E-state index contributed by atoms with van der Waals surface area (Å²) in [5, 5.41) is 0. The molecular formula is C18H15N3O. The highest BCUT2D eigenvalue weighted by atomic mass is 16.5. The molecule has 4 heteroatoms. The van der Waals surface area contributed by atoms with Crippen molar-refractivity contribution >= 4 is 11.9 Å². The Labute approximate surface area is 129 Å². The van der Waals surface area contributed by atoms with Crippen LogP contribution in [0.4, 0.5) is 5.69 Å². The Hall–Kier alpha value is -3.01. The minimum absolute atomic E-state index is 0.796. The molecule has 3 rings (SSSR count). The quantitative estimate of drug-likeness (QED) is 0.684. The van der Waals surface area contributed by atoms with Gasteiger partial charge in [0.25, 0.3) is 0 Å². The molecule has 0 atom stereocenters. The number of ether oxygens (including phenoxy) is 1. The molecule has 22 heavy (non-hydrogen) atoms. The third-order valence-electron chi connectivity index (χ3n) is 3.20. The summed E-state index contributed by atoms with van der Waals surface area (Å²) in [6.45, 7) is 0. The average Bonchev–Trinajstić information content (AvgIpc) is 2.61. The molecule has 3 aromatic rings. The molecule has 0 radical (unpaired) electrons. The van der Waals surface area contributed by atoms with E-state index >= 15 is 0 Å². The molecule has 0 bridgehead atoms. The Morgan fingerprint density at radius 2 is 1.77 bits per heavy atom. The molecule has 0 aliphatic carbocycles. The van der Waals surface area contributed by atoms with Gasteiger partial charge < -0.3 is 4.74 Å². The molecule has 0 amide bonds. The number of benzene rings is 2. The number of hydrogen-bond donors (Lipinski definition) is 0. The van der Waals surface area contributed by atoms with E-state index in [1.807, 2.05) is 48.7 Å².